The summed E-state index contributed by atoms with van der Waals surface area (Å²) >= 11 is 3.27. The molecule has 2 heterocycles. The van der Waals surface area contributed by atoms with Gasteiger partial charge in [-0.25, -0.2) is 4.98 Å². The van der Waals surface area contributed by atoms with Crippen LogP contribution >= 0.6 is 15.9 Å². The molecule has 5 nitrogen and oxygen atoms in total. The predicted molar refractivity (Wildman–Crippen MR) is 67.8 cm³/mol. The fraction of sp³-hybridized carbons (Fsp3) is 0.182. The number of carbonyl (C=O) groups excluding carboxylic acids is 1. The van der Waals surface area contributed by atoms with Gasteiger partial charge < -0.3 is 5.32 Å². The van der Waals surface area contributed by atoms with Crippen molar-refractivity contribution in [3.05, 3.63) is 40.4 Å². The first-order valence-electron chi connectivity index (χ1n) is 5.00. The maximum Gasteiger partial charge on any atom is 0.276 e. The highest BCUT2D eigenvalue weighted by atomic mass is 79.9. The number of carbonyl (C=O) groups is 1. The number of anilines is 1. The van der Waals surface area contributed by atoms with Crippen molar-refractivity contribution in [1.29, 1.82) is 0 Å². The molecule has 0 aliphatic rings. The van der Waals surface area contributed by atoms with Gasteiger partial charge in [-0.05, 0) is 41.1 Å². The summed E-state index contributed by atoms with van der Waals surface area (Å²) in [5, 5.41) is 6.80. The van der Waals surface area contributed by atoms with Gasteiger partial charge in [-0.3, -0.25) is 9.48 Å². The summed E-state index contributed by atoms with van der Waals surface area (Å²) in [6, 6.07) is 5.24. The van der Waals surface area contributed by atoms with Crippen LogP contribution in [-0.2, 0) is 7.05 Å². The highest BCUT2D eigenvalue weighted by molar-refractivity contribution is 9.10. The Labute approximate surface area is 107 Å². The summed E-state index contributed by atoms with van der Waals surface area (Å²) in [6.07, 6.45) is 1.72. The summed E-state index contributed by atoms with van der Waals surface area (Å²) in [7, 11) is 1.77. The molecular weight excluding hydrogens is 284 g/mol. The Kier molecular flexibility index (Phi) is 3.23. The maximum absolute atomic E-state index is 11.8. The number of nitrogens with one attached hydrogen (secondary N) is 1. The molecule has 0 saturated carbocycles. The van der Waals surface area contributed by atoms with Gasteiger partial charge in [0, 0.05) is 13.2 Å². The fourth-order valence-electron chi connectivity index (χ4n) is 1.39. The summed E-state index contributed by atoms with van der Waals surface area (Å²) in [4.78, 5) is 16.0. The van der Waals surface area contributed by atoms with Crippen LogP contribution in [0.3, 0.4) is 0 Å². The highest BCUT2D eigenvalue weighted by Gasteiger charge is 2.10. The number of hydrogen-bond donors (Lipinski definition) is 1. The molecule has 1 N–H and O–H groups in total. The third-order valence-corrected chi connectivity index (χ3v) is 2.69. The number of aryl methyl sites for hydroxylation is 2. The minimum Gasteiger partial charge on any atom is -0.319 e. The van der Waals surface area contributed by atoms with Crippen LogP contribution in [0.2, 0.25) is 0 Å². The van der Waals surface area contributed by atoms with Crippen molar-refractivity contribution in [3.63, 3.8) is 0 Å². The van der Waals surface area contributed by atoms with Gasteiger partial charge in [0.1, 0.15) is 4.60 Å². The van der Waals surface area contributed by atoms with E-state index in [2.05, 4.69) is 31.3 Å². The Morgan fingerprint density at radius 1 is 1.41 bits per heavy atom. The molecule has 0 atom stereocenters. The summed E-state index contributed by atoms with van der Waals surface area (Å²) < 4.78 is 2.33. The number of rotatable bonds is 2. The molecular formula is C11H11BrN4O. The molecule has 0 radical (unpaired) electrons. The van der Waals surface area contributed by atoms with Gasteiger partial charge in [-0.1, -0.05) is 0 Å². The van der Waals surface area contributed by atoms with E-state index >= 15 is 0 Å². The lowest BCUT2D eigenvalue weighted by Crippen LogP contribution is -2.14. The quantitative estimate of drug-likeness (QED) is 0.863. The average Bonchev–Trinajstić information content (AvgIpc) is 2.69. The van der Waals surface area contributed by atoms with Crippen LogP contribution in [0.25, 0.3) is 0 Å². The third-order valence-electron chi connectivity index (χ3n) is 2.25. The fourth-order valence-corrected chi connectivity index (χ4v) is 1.78. The molecule has 0 bridgehead atoms. The minimum absolute atomic E-state index is 0.238. The second kappa shape index (κ2) is 4.67. The molecule has 0 unspecified atom stereocenters. The van der Waals surface area contributed by atoms with Gasteiger partial charge in [-0.2, -0.15) is 5.10 Å². The van der Waals surface area contributed by atoms with Crippen LogP contribution in [-0.4, -0.2) is 20.7 Å². The molecule has 2 aromatic rings. The predicted octanol–water partition coefficient (Wildman–Crippen LogP) is 2.14. The zero-order valence-corrected chi connectivity index (χ0v) is 11.0. The molecule has 0 fully saturated rings. The lowest BCUT2D eigenvalue weighted by molar-refractivity contribution is 0.102. The summed E-state index contributed by atoms with van der Waals surface area (Å²) in [5.74, 6) is -0.238. The topological polar surface area (TPSA) is 59.8 Å². The molecule has 0 aromatic carbocycles. The smallest absolute Gasteiger partial charge is 0.276 e. The Balaban J connectivity index is 2.18. The summed E-state index contributed by atoms with van der Waals surface area (Å²) in [5.41, 5.74) is 1.82. The van der Waals surface area contributed by atoms with E-state index in [0.29, 0.717) is 11.4 Å². The number of aromatic nitrogens is 3. The minimum atomic E-state index is -0.238. The van der Waals surface area contributed by atoms with Crippen molar-refractivity contribution in [2.75, 3.05) is 5.32 Å². The van der Waals surface area contributed by atoms with Crippen molar-refractivity contribution in [2.24, 2.45) is 7.05 Å². The molecule has 0 aliphatic carbocycles. The first-order chi connectivity index (χ1) is 8.06. The molecule has 0 saturated heterocycles. The van der Waals surface area contributed by atoms with Crippen LogP contribution < -0.4 is 5.32 Å². The van der Waals surface area contributed by atoms with Crippen molar-refractivity contribution in [3.8, 4) is 0 Å². The van der Waals surface area contributed by atoms with Crippen molar-refractivity contribution < 1.29 is 4.79 Å². The van der Waals surface area contributed by atoms with Gasteiger partial charge in [-0.15, -0.1) is 0 Å². The van der Waals surface area contributed by atoms with Crippen LogP contribution in [0.5, 0.6) is 0 Å². The van der Waals surface area contributed by atoms with Crippen molar-refractivity contribution in [2.45, 2.75) is 6.92 Å². The molecule has 1 amide bonds. The molecule has 17 heavy (non-hydrogen) atoms. The molecule has 2 aromatic heterocycles. The van der Waals surface area contributed by atoms with Crippen LogP contribution in [0.4, 0.5) is 5.69 Å². The number of amides is 1. The zero-order valence-electron chi connectivity index (χ0n) is 9.44. The second-order valence-electron chi connectivity index (χ2n) is 3.60. The Morgan fingerprint density at radius 2 is 2.18 bits per heavy atom. The highest BCUT2D eigenvalue weighted by Crippen LogP contribution is 2.16. The first kappa shape index (κ1) is 11.8. The van der Waals surface area contributed by atoms with E-state index in [0.717, 1.165) is 10.3 Å². The summed E-state index contributed by atoms with van der Waals surface area (Å²) in [6.45, 7) is 1.83. The van der Waals surface area contributed by atoms with E-state index in [-0.39, 0.29) is 5.91 Å². The second-order valence-corrected chi connectivity index (χ2v) is 4.41. The third kappa shape index (κ3) is 2.71. The molecule has 0 spiro atoms. The van der Waals surface area contributed by atoms with E-state index < -0.39 is 0 Å². The lowest BCUT2D eigenvalue weighted by Gasteiger charge is -2.06. The van der Waals surface area contributed by atoms with Gasteiger partial charge in [0.15, 0.2) is 5.69 Å². The van der Waals surface area contributed by atoms with Crippen molar-refractivity contribution >= 4 is 27.5 Å². The number of hydrogen-bond acceptors (Lipinski definition) is 3. The van der Waals surface area contributed by atoms with Crippen molar-refractivity contribution in [1.82, 2.24) is 14.8 Å². The Bertz CT molecular complexity index is 564. The average molecular weight is 295 g/mol. The lowest BCUT2D eigenvalue weighted by atomic mass is 10.3. The number of halogens is 1. The Hall–Kier alpha value is -1.69. The van der Waals surface area contributed by atoms with Gasteiger partial charge in [0.25, 0.3) is 5.91 Å². The van der Waals surface area contributed by atoms with Crippen LogP contribution in [0.1, 0.15) is 16.2 Å². The molecule has 6 heteroatoms. The van der Waals surface area contributed by atoms with E-state index in [4.69, 9.17) is 0 Å². The molecule has 2 rings (SSSR count). The number of pyridine rings is 1. The van der Waals surface area contributed by atoms with Gasteiger partial charge in [0.2, 0.25) is 0 Å². The first-order valence-corrected chi connectivity index (χ1v) is 5.80. The largest absolute Gasteiger partial charge is 0.319 e. The van der Waals surface area contributed by atoms with Gasteiger partial charge >= 0.3 is 0 Å². The Morgan fingerprint density at radius 3 is 2.76 bits per heavy atom. The van der Waals surface area contributed by atoms with Crippen LogP contribution in [0.15, 0.2) is 29.0 Å². The van der Waals surface area contributed by atoms with E-state index in [1.807, 2.05) is 6.92 Å². The molecule has 0 aliphatic heterocycles. The monoisotopic (exact) mass is 294 g/mol. The van der Waals surface area contributed by atoms with Gasteiger partial charge in [0.05, 0.1) is 11.4 Å². The zero-order chi connectivity index (χ0) is 12.4. The SMILES string of the molecule is Cc1nc(Br)ccc1NC(=O)c1ccn(C)n1. The maximum atomic E-state index is 11.8. The number of nitrogens with zero attached hydrogens (tertiary/aromatic N) is 3. The van der Waals surface area contributed by atoms with Crippen LogP contribution in [0, 0.1) is 6.92 Å². The van der Waals surface area contributed by atoms with E-state index in [1.165, 1.54) is 0 Å². The normalized spacial score (nSPS) is 10.3. The molecule has 88 valence electrons. The van der Waals surface area contributed by atoms with E-state index in [1.54, 1.807) is 36.1 Å². The van der Waals surface area contributed by atoms with E-state index in [9.17, 15) is 4.79 Å². The standard InChI is InChI=1S/C11H11BrN4O/c1-7-8(3-4-10(12)13-7)14-11(17)9-5-6-16(2)15-9/h3-6H,1-2H3,(H,14,17).